The molecule has 0 aromatic heterocycles. The van der Waals surface area contributed by atoms with Gasteiger partial charge in [0.05, 0.1) is 0 Å². The molecule has 0 N–H and O–H groups in total. The van der Waals surface area contributed by atoms with E-state index < -0.39 is 0 Å². The molecule has 0 unspecified atom stereocenters. The summed E-state index contributed by atoms with van der Waals surface area (Å²) >= 11 is 4.43. The van der Waals surface area contributed by atoms with Crippen molar-refractivity contribution < 1.29 is 0 Å². The van der Waals surface area contributed by atoms with Gasteiger partial charge in [-0.15, -0.1) is 12.6 Å². The Hall–Kier alpha value is -1.21. The predicted molar refractivity (Wildman–Crippen MR) is 68.6 cm³/mol. The average molecular weight is 214 g/mol. The largest absolute Gasteiger partial charge is 0.143 e. The molecule has 2 aromatic carbocycles. The summed E-state index contributed by atoms with van der Waals surface area (Å²) in [6, 6.07) is 14.7. The van der Waals surface area contributed by atoms with Gasteiger partial charge in [0, 0.05) is 4.90 Å². The fourth-order valence-corrected chi connectivity index (χ4v) is 1.98. The highest BCUT2D eigenvalue weighted by atomic mass is 32.1. The Morgan fingerprint density at radius 2 is 1.47 bits per heavy atom. The molecule has 0 nitrogen and oxygen atoms in total. The topological polar surface area (TPSA) is 0 Å². The van der Waals surface area contributed by atoms with Crippen molar-refractivity contribution >= 4 is 12.6 Å². The van der Waals surface area contributed by atoms with Gasteiger partial charge in [-0.3, -0.25) is 0 Å². The second kappa shape index (κ2) is 4.11. The molecule has 0 aliphatic rings. The molecule has 0 saturated heterocycles. The van der Waals surface area contributed by atoms with Crippen LogP contribution in [0.3, 0.4) is 0 Å². The lowest BCUT2D eigenvalue weighted by Crippen LogP contribution is -1.88. The minimum Gasteiger partial charge on any atom is -0.143 e. The molecule has 0 radical (unpaired) electrons. The summed E-state index contributed by atoms with van der Waals surface area (Å²) in [4.78, 5) is 1.06. The van der Waals surface area contributed by atoms with Gasteiger partial charge >= 0.3 is 0 Å². The second-order valence-electron chi connectivity index (χ2n) is 3.75. The molecule has 0 fully saturated rings. The van der Waals surface area contributed by atoms with Gasteiger partial charge in [-0.2, -0.15) is 0 Å². The first-order valence-corrected chi connectivity index (χ1v) is 5.49. The highest BCUT2D eigenvalue weighted by Crippen LogP contribution is 2.28. The predicted octanol–water partition coefficient (Wildman–Crippen LogP) is 4.26. The van der Waals surface area contributed by atoms with Crippen molar-refractivity contribution in [2.45, 2.75) is 18.7 Å². The summed E-state index contributed by atoms with van der Waals surface area (Å²) in [5.41, 5.74) is 5.14. The van der Waals surface area contributed by atoms with Crippen LogP contribution >= 0.6 is 12.6 Å². The Bertz CT molecular complexity index is 472. The lowest BCUT2D eigenvalue weighted by atomic mass is 9.97. The molecule has 0 saturated carbocycles. The molecule has 0 aliphatic heterocycles. The maximum atomic E-state index is 4.43. The fraction of sp³-hybridized carbons (Fsp3) is 0.143. The fourth-order valence-electron chi connectivity index (χ4n) is 1.74. The van der Waals surface area contributed by atoms with Crippen molar-refractivity contribution in [3.63, 3.8) is 0 Å². The Morgan fingerprint density at radius 1 is 0.800 bits per heavy atom. The third-order valence-corrected chi connectivity index (χ3v) is 3.33. The standard InChI is InChI=1S/C14H14S/c1-10-11(2)14(15)9-8-13(10)12-6-4-3-5-7-12/h3-9,15H,1-2H3. The SMILES string of the molecule is Cc1c(S)ccc(-c2ccccc2)c1C. The maximum Gasteiger partial charge on any atom is 0.00723 e. The average Bonchev–Trinajstić information content (AvgIpc) is 2.27. The third kappa shape index (κ3) is 1.93. The molecular weight excluding hydrogens is 200 g/mol. The maximum absolute atomic E-state index is 4.43. The number of thiol groups is 1. The molecular formula is C14H14S. The van der Waals surface area contributed by atoms with Crippen molar-refractivity contribution in [3.05, 3.63) is 53.6 Å². The van der Waals surface area contributed by atoms with Gasteiger partial charge in [-0.05, 0) is 42.2 Å². The first-order chi connectivity index (χ1) is 7.20. The second-order valence-corrected chi connectivity index (χ2v) is 4.23. The van der Waals surface area contributed by atoms with Gasteiger partial charge in [-0.25, -0.2) is 0 Å². The summed E-state index contributed by atoms with van der Waals surface area (Å²) in [7, 11) is 0. The summed E-state index contributed by atoms with van der Waals surface area (Å²) in [5.74, 6) is 0. The lowest BCUT2D eigenvalue weighted by Gasteiger charge is -2.10. The van der Waals surface area contributed by atoms with E-state index in [1.54, 1.807) is 0 Å². The molecule has 0 bridgehead atoms. The van der Waals surface area contributed by atoms with E-state index in [1.807, 2.05) is 6.07 Å². The van der Waals surface area contributed by atoms with E-state index in [-0.39, 0.29) is 0 Å². The molecule has 2 rings (SSSR count). The van der Waals surface area contributed by atoms with E-state index in [9.17, 15) is 0 Å². The van der Waals surface area contributed by atoms with E-state index in [2.05, 4.69) is 62.9 Å². The van der Waals surface area contributed by atoms with Crippen molar-refractivity contribution in [2.24, 2.45) is 0 Å². The molecule has 76 valence electrons. The van der Waals surface area contributed by atoms with Crippen molar-refractivity contribution in [1.82, 2.24) is 0 Å². The zero-order valence-electron chi connectivity index (χ0n) is 8.99. The van der Waals surface area contributed by atoms with Crippen LogP contribution in [0.5, 0.6) is 0 Å². The monoisotopic (exact) mass is 214 g/mol. The summed E-state index contributed by atoms with van der Waals surface area (Å²) in [6.07, 6.45) is 0. The zero-order chi connectivity index (χ0) is 10.8. The molecule has 0 atom stereocenters. The van der Waals surface area contributed by atoms with Crippen molar-refractivity contribution in [2.75, 3.05) is 0 Å². The van der Waals surface area contributed by atoms with E-state index in [1.165, 1.54) is 22.3 Å². The van der Waals surface area contributed by atoms with Crippen LogP contribution in [0.1, 0.15) is 11.1 Å². The highest BCUT2D eigenvalue weighted by molar-refractivity contribution is 7.80. The third-order valence-electron chi connectivity index (χ3n) is 2.84. The van der Waals surface area contributed by atoms with Gasteiger partial charge in [0.1, 0.15) is 0 Å². The van der Waals surface area contributed by atoms with Gasteiger partial charge in [-0.1, -0.05) is 36.4 Å². The van der Waals surface area contributed by atoms with Gasteiger partial charge in [0.25, 0.3) is 0 Å². The van der Waals surface area contributed by atoms with E-state index in [4.69, 9.17) is 0 Å². The van der Waals surface area contributed by atoms with E-state index in [0.717, 1.165) is 4.90 Å². The number of benzene rings is 2. The number of rotatable bonds is 1. The number of hydrogen-bond acceptors (Lipinski definition) is 1. The van der Waals surface area contributed by atoms with E-state index >= 15 is 0 Å². The Morgan fingerprint density at radius 3 is 2.13 bits per heavy atom. The van der Waals surface area contributed by atoms with Crippen LogP contribution < -0.4 is 0 Å². The summed E-state index contributed by atoms with van der Waals surface area (Å²) in [6.45, 7) is 4.27. The van der Waals surface area contributed by atoms with Crippen LogP contribution in [0.25, 0.3) is 11.1 Å². The first-order valence-electron chi connectivity index (χ1n) is 5.04. The van der Waals surface area contributed by atoms with Crippen LogP contribution in [0.15, 0.2) is 47.4 Å². The highest BCUT2D eigenvalue weighted by Gasteiger charge is 2.05. The Labute approximate surface area is 96.4 Å². The minimum absolute atomic E-state index is 1.06. The Kier molecular flexibility index (Phi) is 2.83. The van der Waals surface area contributed by atoms with Gasteiger partial charge < -0.3 is 0 Å². The summed E-state index contributed by atoms with van der Waals surface area (Å²) in [5, 5.41) is 0. The van der Waals surface area contributed by atoms with Crippen LogP contribution in [-0.4, -0.2) is 0 Å². The Balaban J connectivity index is 2.60. The number of hydrogen-bond donors (Lipinski definition) is 1. The molecule has 1 heteroatoms. The normalized spacial score (nSPS) is 10.3. The van der Waals surface area contributed by atoms with Crippen LogP contribution in [0, 0.1) is 13.8 Å². The van der Waals surface area contributed by atoms with E-state index in [0.29, 0.717) is 0 Å². The lowest BCUT2D eigenvalue weighted by molar-refractivity contribution is 1.24. The van der Waals surface area contributed by atoms with Crippen LogP contribution in [-0.2, 0) is 0 Å². The molecule has 15 heavy (non-hydrogen) atoms. The molecule has 0 spiro atoms. The van der Waals surface area contributed by atoms with Crippen molar-refractivity contribution in [1.29, 1.82) is 0 Å². The molecule has 0 amide bonds. The molecule has 2 aromatic rings. The molecule has 0 heterocycles. The zero-order valence-corrected chi connectivity index (χ0v) is 9.88. The summed E-state index contributed by atoms with van der Waals surface area (Å²) < 4.78 is 0. The van der Waals surface area contributed by atoms with Crippen LogP contribution in [0.4, 0.5) is 0 Å². The van der Waals surface area contributed by atoms with Gasteiger partial charge in [0.15, 0.2) is 0 Å². The first kappa shape index (κ1) is 10.3. The molecule has 0 aliphatic carbocycles. The quantitative estimate of drug-likeness (QED) is 0.674. The van der Waals surface area contributed by atoms with Crippen LogP contribution in [0.2, 0.25) is 0 Å². The van der Waals surface area contributed by atoms with Crippen molar-refractivity contribution in [3.8, 4) is 11.1 Å². The minimum atomic E-state index is 1.06. The smallest absolute Gasteiger partial charge is 0.00723 e. The van der Waals surface area contributed by atoms with Gasteiger partial charge in [0.2, 0.25) is 0 Å².